The van der Waals surface area contributed by atoms with Crippen molar-refractivity contribution >= 4 is 11.0 Å². The summed E-state index contributed by atoms with van der Waals surface area (Å²) in [5.74, 6) is 4.46. The van der Waals surface area contributed by atoms with Crippen molar-refractivity contribution in [3.8, 4) is 0 Å². The van der Waals surface area contributed by atoms with Gasteiger partial charge >= 0.3 is 0 Å². The molecule has 0 radical (unpaired) electrons. The average molecular weight is 478 g/mol. The fourth-order valence-corrected chi connectivity index (χ4v) is 9.76. The standard InChI is InChI=1S/C30H43N3O2/c1-18(6-9-27-32-17-25-24(33-27)5-4-14-31-25)21-7-8-22-28-23(11-13-30(21,22)3)29(2)12-10-20(34)15-19(29)16-26(28)35/h4-5,14,17-23,26,28,34-35H,6-13,15-16H2,1-3H3/t18-,19+,20-,21-,22+,23?,26-,28+,29+,30-/m1/s1. The van der Waals surface area contributed by atoms with E-state index in [1.165, 1.54) is 25.7 Å². The zero-order chi connectivity index (χ0) is 24.4. The third kappa shape index (κ3) is 3.83. The highest BCUT2D eigenvalue weighted by Gasteiger charge is 2.62. The van der Waals surface area contributed by atoms with Crippen LogP contribution in [0, 0.1) is 46.3 Å². The first-order valence-corrected chi connectivity index (χ1v) is 14.2. The van der Waals surface area contributed by atoms with Gasteiger partial charge in [-0.05, 0) is 116 Å². The van der Waals surface area contributed by atoms with Gasteiger partial charge in [-0.25, -0.2) is 9.97 Å². The number of fused-ring (bicyclic) bond motifs is 6. The van der Waals surface area contributed by atoms with Gasteiger partial charge in [-0.3, -0.25) is 4.98 Å². The van der Waals surface area contributed by atoms with Crippen molar-refractivity contribution in [1.82, 2.24) is 15.0 Å². The Morgan fingerprint density at radius 2 is 1.77 bits per heavy atom. The molecule has 4 aliphatic rings. The van der Waals surface area contributed by atoms with Crippen LogP contribution >= 0.6 is 0 Å². The van der Waals surface area contributed by atoms with Crippen LogP contribution in [0.4, 0.5) is 0 Å². The highest BCUT2D eigenvalue weighted by molar-refractivity contribution is 5.72. The van der Waals surface area contributed by atoms with Crippen LogP contribution in [-0.2, 0) is 6.42 Å². The van der Waals surface area contributed by atoms with Gasteiger partial charge in [0.2, 0.25) is 0 Å². The molecule has 1 unspecified atom stereocenters. The number of aliphatic hydroxyl groups is 2. The molecule has 6 rings (SSSR count). The van der Waals surface area contributed by atoms with Gasteiger partial charge < -0.3 is 10.2 Å². The minimum absolute atomic E-state index is 0.162. The molecular weight excluding hydrogens is 434 g/mol. The van der Waals surface area contributed by atoms with Gasteiger partial charge in [0.05, 0.1) is 23.9 Å². The Labute approximate surface area is 210 Å². The summed E-state index contributed by atoms with van der Waals surface area (Å²) >= 11 is 0. The summed E-state index contributed by atoms with van der Waals surface area (Å²) in [7, 11) is 0. The molecule has 4 saturated carbocycles. The summed E-state index contributed by atoms with van der Waals surface area (Å²) in [5.41, 5.74) is 2.43. The van der Waals surface area contributed by atoms with Gasteiger partial charge in [0.1, 0.15) is 11.3 Å². The van der Waals surface area contributed by atoms with E-state index >= 15 is 0 Å². The molecule has 35 heavy (non-hydrogen) atoms. The molecule has 2 N–H and O–H groups in total. The fraction of sp³-hybridized carbons (Fsp3) is 0.767. The maximum Gasteiger partial charge on any atom is 0.129 e. The van der Waals surface area contributed by atoms with E-state index in [0.29, 0.717) is 46.3 Å². The van der Waals surface area contributed by atoms with Gasteiger partial charge in [0.25, 0.3) is 0 Å². The van der Waals surface area contributed by atoms with Gasteiger partial charge in [-0.1, -0.05) is 20.8 Å². The normalized spacial score (nSPS) is 43.9. The molecular formula is C30H43N3O2. The molecule has 4 aliphatic carbocycles. The lowest BCUT2D eigenvalue weighted by atomic mass is 9.43. The Morgan fingerprint density at radius 3 is 2.63 bits per heavy atom. The van der Waals surface area contributed by atoms with Gasteiger partial charge in [-0.2, -0.15) is 0 Å². The van der Waals surface area contributed by atoms with Crippen LogP contribution in [0.1, 0.15) is 84.4 Å². The largest absolute Gasteiger partial charge is 0.393 e. The van der Waals surface area contributed by atoms with E-state index in [1.54, 1.807) is 6.20 Å². The SMILES string of the molecule is C[C@H](CCc1ncc2ncccc2n1)[C@H]1CC[C@H]2[C@H]3C(CC[C@]12C)[C@@]1(C)CC[C@@H](O)C[C@H]1C[C@H]3O. The van der Waals surface area contributed by atoms with E-state index in [0.717, 1.165) is 55.4 Å². The van der Waals surface area contributed by atoms with Crippen LogP contribution in [0.2, 0.25) is 0 Å². The molecule has 5 heteroatoms. The van der Waals surface area contributed by atoms with Crippen LogP contribution in [0.25, 0.3) is 11.0 Å². The molecule has 190 valence electrons. The summed E-state index contributed by atoms with van der Waals surface area (Å²) in [4.78, 5) is 13.7. The number of hydrogen-bond donors (Lipinski definition) is 2. The minimum atomic E-state index is -0.193. The Bertz CT molecular complexity index is 1080. The molecule has 0 saturated heterocycles. The Morgan fingerprint density at radius 1 is 0.971 bits per heavy atom. The summed E-state index contributed by atoms with van der Waals surface area (Å²) in [6, 6.07) is 3.96. The quantitative estimate of drug-likeness (QED) is 0.601. The zero-order valence-electron chi connectivity index (χ0n) is 21.7. The second kappa shape index (κ2) is 8.76. The highest BCUT2D eigenvalue weighted by atomic mass is 16.3. The summed E-state index contributed by atoms with van der Waals surface area (Å²) < 4.78 is 0. The number of pyridine rings is 1. The number of rotatable bonds is 4. The van der Waals surface area contributed by atoms with Crippen LogP contribution in [0.5, 0.6) is 0 Å². The lowest BCUT2D eigenvalue weighted by Gasteiger charge is -2.62. The monoisotopic (exact) mass is 477 g/mol. The molecule has 0 amide bonds. The molecule has 2 heterocycles. The molecule has 4 fully saturated rings. The molecule has 5 nitrogen and oxygen atoms in total. The van der Waals surface area contributed by atoms with E-state index in [-0.39, 0.29) is 12.2 Å². The second-order valence-electron chi connectivity index (χ2n) is 13.2. The Balaban J connectivity index is 1.17. The van der Waals surface area contributed by atoms with Crippen molar-refractivity contribution in [3.05, 3.63) is 30.4 Å². The van der Waals surface area contributed by atoms with Crippen molar-refractivity contribution in [2.24, 2.45) is 46.3 Å². The lowest BCUT2D eigenvalue weighted by Crippen LogP contribution is -2.58. The van der Waals surface area contributed by atoms with Crippen molar-refractivity contribution in [1.29, 1.82) is 0 Å². The Hall–Kier alpha value is -1.59. The van der Waals surface area contributed by atoms with E-state index in [1.807, 2.05) is 18.3 Å². The van der Waals surface area contributed by atoms with Gasteiger partial charge in [0.15, 0.2) is 0 Å². The molecule has 0 spiro atoms. The molecule has 0 aliphatic heterocycles. The summed E-state index contributed by atoms with van der Waals surface area (Å²) in [5, 5.41) is 21.8. The number of aryl methyl sites for hydroxylation is 1. The maximum absolute atomic E-state index is 11.5. The van der Waals surface area contributed by atoms with Crippen molar-refractivity contribution < 1.29 is 10.2 Å². The Kier molecular flexibility index (Phi) is 5.95. The highest BCUT2D eigenvalue weighted by Crippen LogP contribution is 2.68. The van der Waals surface area contributed by atoms with Crippen LogP contribution in [-0.4, -0.2) is 37.4 Å². The van der Waals surface area contributed by atoms with E-state index in [2.05, 4.69) is 30.7 Å². The molecule has 2 aromatic rings. The average Bonchev–Trinajstić information content (AvgIpc) is 3.21. The van der Waals surface area contributed by atoms with Gasteiger partial charge in [-0.15, -0.1) is 0 Å². The molecule has 0 aromatic carbocycles. The third-order valence-electron chi connectivity index (χ3n) is 11.6. The summed E-state index contributed by atoms with van der Waals surface area (Å²) in [6.45, 7) is 7.51. The zero-order valence-corrected chi connectivity index (χ0v) is 21.7. The first-order chi connectivity index (χ1) is 16.8. The second-order valence-corrected chi connectivity index (χ2v) is 13.2. The molecule has 10 atom stereocenters. The van der Waals surface area contributed by atoms with E-state index in [9.17, 15) is 10.2 Å². The predicted octanol–water partition coefficient (Wildman–Crippen LogP) is 5.58. The fourth-order valence-electron chi connectivity index (χ4n) is 9.76. The van der Waals surface area contributed by atoms with Crippen molar-refractivity contribution in [2.75, 3.05) is 0 Å². The summed E-state index contributed by atoms with van der Waals surface area (Å²) in [6.07, 6.45) is 14.3. The topological polar surface area (TPSA) is 79.1 Å². The number of hydrogen-bond acceptors (Lipinski definition) is 5. The minimum Gasteiger partial charge on any atom is -0.393 e. The first-order valence-electron chi connectivity index (χ1n) is 14.2. The number of aliphatic hydroxyl groups excluding tert-OH is 2. The third-order valence-corrected chi connectivity index (χ3v) is 11.6. The van der Waals surface area contributed by atoms with Gasteiger partial charge in [0, 0.05) is 12.6 Å². The smallest absolute Gasteiger partial charge is 0.129 e. The van der Waals surface area contributed by atoms with Crippen LogP contribution < -0.4 is 0 Å². The maximum atomic E-state index is 11.5. The van der Waals surface area contributed by atoms with Crippen molar-refractivity contribution in [3.63, 3.8) is 0 Å². The number of aromatic nitrogens is 3. The van der Waals surface area contributed by atoms with Crippen LogP contribution in [0.3, 0.4) is 0 Å². The first kappa shape index (κ1) is 23.8. The predicted molar refractivity (Wildman–Crippen MR) is 137 cm³/mol. The molecule has 2 aromatic heterocycles. The van der Waals surface area contributed by atoms with Crippen LogP contribution in [0.15, 0.2) is 24.5 Å². The van der Waals surface area contributed by atoms with E-state index in [4.69, 9.17) is 4.98 Å². The van der Waals surface area contributed by atoms with E-state index < -0.39 is 0 Å². The molecule has 0 bridgehead atoms. The van der Waals surface area contributed by atoms with Crippen molar-refractivity contribution in [2.45, 2.75) is 97.2 Å². The number of nitrogens with zero attached hydrogens (tertiary/aromatic N) is 3. The lowest BCUT2D eigenvalue weighted by molar-refractivity contribution is -0.174.